The predicted molar refractivity (Wildman–Crippen MR) is 70.8 cm³/mol. The van der Waals surface area contributed by atoms with E-state index in [0.29, 0.717) is 0 Å². The Bertz CT molecular complexity index is 571. The molecule has 114 valence electrons. The number of rotatable bonds is 7. The molecule has 0 heterocycles. The number of carbonyl (C=O) groups is 2. The minimum atomic E-state index is -1.26. The van der Waals surface area contributed by atoms with Gasteiger partial charge in [0.15, 0.2) is 11.5 Å². The Hall–Kier alpha value is -2.84. The van der Waals surface area contributed by atoms with Crippen LogP contribution >= 0.6 is 0 Å². The van der Waals surface area contributed by atoms with Gasteiger partial charge in [-0.2, -0.15) is 0 Å². The summed E-state index contributed by atoms with van der Waals surface area (Å²) in [6, 6.07) is 2.21. The van der Waals surface area contributed by atoms with Crippen LogP contribution in [0.25, 0.3) is 0 Å². The second kappa shape index (κ2) is 7.08. The maximum atomic E-state index is 11.8. The number of hydrogen-bond acceptors (Lipinski definition) is 6. The van der Waals surface area contributed by atoms with Crippen molar-refractivity contribution in [3.63, 3.8) is 0 Å². The van der Waals surface area contributed by atoms with Crippen molar-refractivity contribution in [1.29, 1.82) is 0 Å². The number of carbonyl (C=O) groups excluding carboxylic acids is 1. The molecule has 0 atom stereocenters. The minimum absolute atomic E-state index is 0.126. The number of amides is 1. The number of carboxylic acids is 1. The molecule has 0 aliphatic heterocycles. The van der Waals surface area contributed by atoms with Crippen LogP contribution in [0.3, 0.4) is 0 Å². The van der Waals surface area contributed by atoms with E-state index in [-0.39, 0.29) is 23.7 Å². The summed E-state index contributed by atoms with van der Waals surface area (Å²) < 4.78 is 10.2. The van der Waals surface area contributed by atoms with Crippen molar-refractivity contribution in [2.24, 2.45) is 0 Å². The third-order valence-corrected chi connectivity index (χ3v) is 2.42. The van der Waals surface area contributed by atoms with Gasteiger partial charge in [0.2, 0.25) is 0 Å². The van der Waals surface area contributed by atoms with Gasteiger partial charge in [-0.25, -0.2) is 0 Å². The van der Waals surface area contributed by atoms with E-state index in [1.807, 2.05) is 0 Å². The van der Waals surface area contributed by atoms with Crippen LogP contribution < -0.4 is 14.8 Å². The lowest BCUT2D eigenvalue weighted by atomic mass is 10.1. The number of methoxy groups -OCH3 is 1. The monoisotopic (exact) mass is 298 g/mol. The zero-order chi connectivity index (χ0) is 16.0. The molecule has 0 radical (unpaired) electrons. The Morgan fingerprint density at radius 2 is 2.05 bits per heavy atom. The van der Waals surface area contributed by atoms with Crippen LogP contribution in [0, 0.1) is 10.1 Å². The quantitative estimate of drug-likeness (QED) is 0.563. The predicted octanol–water partition coefficient (Wildman–Crippen LogP) is 0.816. The van der Waals surface area contributed by atoms with Gasteiger partial charge in [0.05, 0.1) is 24.7 Å². The van der Waals surface area contributed by atoms with E-state index >= 15 is 0 Å². The Kier molecular flexibility index (Phi) is 5.47. The summed E-state index contributed by atoms with van der Waals surface area (Å²) in [5.74, 6) is -1.88. The average molecular weight is 298 g/mol. The number of nitrogens with one attached hydrogen (secondary N) is 1. The summed E-state index contributed by atoms with van der Waals surface area (Å²) in [6.45, 7) is 1.31. The lowest BCUT2D eigenvalue weighted by molar-refractivity contribution is -0.385. The maximum Gasteiger partial charge on any atom is 0.322 e. The molecule has 0 aromatic heterocycles. The summed E-state index contributed by atoms with van der Waals surface area (Å²) in [6.07, 6.45) is 0. The first kappa shape index (κ1) is 16.2. The van der Waals surface area contributed by atoms with Gasteiger partial charge in [-0.3, -0.25) is 19.7 Å². The summed E-state index contributed by atoms with van der Waals surface area (Å²) in [7, 11) is 1.32. The smallest absolute Gasteiger partial charge is 0.322 e. The van der Waals surface area contributed by atoms with Gasteiger partial charge in [-0.1, -0.05) is 0 Å². The van der Waals surface area contributed by atoms with Gasteiger partial charge in [0.1, 0.15) is 12.1 Å². The van der Waals surface area contributed by atoms with Crippen molar-refractivity contribution in [2.75, 3.05) is 20.3 Å². The van der Waals surface area contributed by atoms with Crippen LogP contribution in [0.1, 0.15) is 17.3 Å². The zero-order valence-electron chi connectivity index (χ0n) is 11.4. The van der Waals surface area contributed by atoms with Gasteiger partial charge in [0.25, 0.3) is 11.6 Å². The normalized spacial score (nSPS) is 9.81. The Labute approximate surface area is 119 Å². The van der Waals surface area contributed by atoms with Crippen molar-refractivity contribution < 1.29 is 29.1 Å². The van der Waals surface area contributed by atoms with E-state index in [4.69, 9.17) is 14.6 Å². The van der Waals surface area contributed by atoms with E-state index in [0.717, 1.165) is 12.1 Å². The highest BCUT2D eigenvalue weighted by Crippen LogP contribution is 2.34. The molecule has 1 aromatic rings. The number of nitro benzene ring substituents is 1. The molecule has 0 unspecified atom stereocenters. The van der Waals surface area contributed by atoms with Crippen molar-refractivity contribution in [2.45, 2.75) is 6.92 Å². The van der Waals surface area contributed by atoms with Crippen molar-refractivity contribution in [3.05, 3.63) is 27.8 Å². The highest BCUT2D eigenvalue weighted by Gasteiger charge is 2.24. The van der Waals surface area contributed by atoms with Crippen LogP contribution in [0.15, 0.2) is 12.1 Å². The lowest BCUT2D eigenvalue weighted by Gasteiger charge is -2.11. The van der Waals surface area contributed by atoms with Crippen LogP contribution in [0.5, 0.6) is 11.5 Å². The molecule has 2 N–H and O–H groups in total. The number of nitrogens with zero attached hydrogens (tertiary/aromatic N) is 1. The molecule has 0 saturated carbocycles. The highest BCUT2D eigenvalue weighted by atomic mass is 16.6. The number of aliphatic carboxylic acids is 1. The number of ether oxygens (including phenoxy) is 2. The van der Waals surface area contributed by atoms with Crippen LogP contribution in [0.2, 0.25) is 0 Å². The van der Waals surface area contributed by atoms with E-state index in [9.17, 15) is 19.7 Å². The summed E-state index contributed by atoms with van der Waals surface area (Å²) >= 11 is 0. The zero-order valence-corrected chi connectivity index (χ0v) is 11.4. The summed E-state index contributed by atoms with van der Waals surface area (Å²) in [5, 5.41) is 21.6. The van der Waals surface area contributed by atoms with Gasteiger partial charge in [-0.15, -0.1) is 0 Å². The Balaban J connectivity index is 3.25. The van der Waals surface area contributed by atoms with E-state index < -0.39 is 29.0 Å². The summed E-state index contributed by atoms with van der Waals surface area (Å²) in [4.78, 5) is 32.5. The van der Waals surface area contributed by atoms with E-state index in [1.165, 1.54) is 7.11 Å². The molecule has 1 amide bonds. The standard InChI is InChI=1S/C12H14N2O7/c1-3-21-10-5-8(14(18)19)7(4-9(10)20-2)12(17)13-6-11(15)16/h4-5H,3,6H2,1-2H3,(H,13,17)(H,15,16). The first-order valence-electron chi connectivity index (χ1n) is 5.89. The van der Waals surface area contributed by atoms with Crippen molar-refractivity contribution in [3.8, 4) is 11.5 Å². The van der Waals surface area contributed by atoms with Crippen molar-refractivity contribution in [1.82, 2.24) is 5.32 Å². The first-order valence-corrected chi connectivity index (χ1v) is 5.89. The summed E-state index contributed by atoms with van der Waals surface area (Å²) in [5.41, 5.74) is -0.802. The average Bonchev–Trinajstić information content (AvgIpc) is 2.44. The third-order valence-electron chi connectivity index (χ3n) is 2.42. The van der Waals surface area contributed by atoms with Crippen LogP contribution in [-0.4, -0.2) is 42.2 Å². The number of benzene rings is 1. The molecule has 1 aromatic carbocycles. The molecule has 0 spiro atoms. The van der Waals surface area contributed by atoms with Crippen LogP contribution in [0.4, 0.5) is 5.69 Å². The van der Waals surface area contributed by atoms with Gasteiger partial charge < -0.3 is 19.9 Å². The first-order chi connectivity index (χ1) is 9.90. The fourth-order valence-electron chi connectivity index (χ4n) is 1.56. The molecule has 0 aliphatic rings. The lowest BCUT2D eigenvalue weighted by Crippen LogP contribution is -2.29. The van der Waals surface area contributed by atoms with Gasteiger partial charge >= 0.3 is 5.97 Å². The SMILES string of the molecule is CCOc1cc([N+](=O)[O-])c(C(=O)NCC(=O)O)cc1OC. The van der Waals surface area contributed by atoms with E-state index in [1.54, 1.807) is 6.92 Å². The third kappa shape index (κ3) is 4.06. The van der Waals surface area contributed by atoms with Gasteiger partial charge in [0, 0.05) is 6.07 Å². The molecular weight excluding hydrogens is 284 g/mol. The molecule has 9 nitrogen and oxygen atoms in total. The molecule has 0 bridgehead atoms. The van der Waals surface area contributed by atoms with Gasteiger partial charge in [-0.05, 0) is 6.92 Å². The number of nitro groups is 1. The minimum Gasteiger partial charge on any atom is -0.493 e. The fraction of sp³-hybridized carbons (Fsp3) is 0.333. The molecule has 0 saturated heterocycles. The maximum absolute atomic E-state index is 11.8. The molecule has 0 aliphatic carbocycles. The van der Waals surface area contributed by atoms with Crippen molar-refractivity contribution >= 4 is 17.6 Å². The molecule has 0 fully saturated rings. The number of carboxylic acid groups (broad SMARTS) is 1. The largest absolute Gasteiger partial charge is 0.493 e. The van der Waals surface area contributed by atoms with Crippen LogP contribution in [-0.2, 0) is 4.79 Å². The fourth-order valence-corrected chi connectivity index (χ4v) is 1.56. The topological polar surface area (TPSA) is 128 Å². The molecule has 9 heteroatoms. The molecular formula is C12H14N2O7. The Morgan fingerprint density at radius 1 is 1.38 bits per heavy atom. The molecule has 1 rings (SSSR count). The van der Waals surface area contributed by atoms with E-state index in [2.05, 4.69) is 5.32 Å². The highest BCUT2D eigenvalue weighted by molar-refractivity contribution is 6.00. The second-order valence-electron chi connectivity index (χ2n) is 3.79. The molecule has 21 heavy (non-hydrogen) atoms. The second-order valence-corrected chi connectivity index (χ2v) is 3.79. The Morgan fingerprint density at radius 3 is 2.52 bits per heavy atom. The number of hydrogen-bond donors (Lipinski definition) is 2.